The average Bonchev–Trinajstić information content (AvgIpc) is 3.29. The van der Waals surface area contributed by atoms with Gasteiger partial charge in [-0.1, -0.05) is 18.2 Å². The number of fused-ring (bicyclic) bond motifs is 1. The number of hydrogen-bond acceptors (Lipinski definition) is 5. The first kappa shape index (κ1) is 24.1. The van der Waals surface area contributed by atoms with Gasteiger partial charge in [-0.2, -0.15) is 0 Å². The fraction of sp³-hybridized carbons (Fsp3) is 0.214. The second-order valence-corrected chi connectivity index (χ2v) is 9.10. The van der Waals surface area contributed by atoms with E-state index in [-0.39, 0.29) is 24.3 Å². The molecule has 3 heterocycles. The smallest absolute Gasteiger partial charge is 0.331 e. The van der Waals surface area contributed by atoms with E-state index >= 15 is 0 Å². The van der Waals surface area contributed by atoms with Gasteiger partial charge in [0.2, 0.25) is 11.8 Å². The van der Waals surface area contributed by atoms with Crippen LogP contribution in [-0.2, 0) is 9.59 Å². The van der Waals surface area contributed by atoms with Crippen LogP contribution in [0.3, 0.4) is 0 Å². The van der Waals surface area contributed by atoms with E-state index in [0.29, 0.717) is 46.2 Å². The number of urea groups is 1. The molecule has 1 fully saturated rings. The fourth-order valence-electron chi connectivity index (χ4n) is 4.58. The summed E-state index contributed by atoms with van der Waals surface area (Å²) in [6.07, 6.45) is 1.87. The van der Waals surface area contributed by atoms with Crippen LogP contribution in [-0.4, -0.2) is 35.4 Å². The average molecular weight is 498 g/mol. The zero-order chi connectivity index (χ0) is 26.1. The van der Waals surface area contributed by atoms with Crippen LogP contribution in [0.1, 0.15) is 30.2 Å². The van der Waals surface area contributed by atoms with Gasteiger partial charge < -0.3 is 20.7 Å². The number of nitrogens with zero attached hydrogens (tertiary/aromatic N) is 2. The molecule has 0 saturated carbocycles. The first-order valence-electron chi connectivity index (χ1n) is 12.0. The van der Waals surface area contributed by atoms with Crippen molar-refractivity contribution in [2.75, 3.05) is 11.4 Å². The van der Waals surface area contributed by atoms with Crippen molar-refractivity contribution < 1.29 is 19.1 Å². The zero-order valence-electron chi connectivity index (χ0n) is 20.8. The highest BCUT2D eigenvalue weighted by Gasteiger charge is 2.33. The maximum absolute atomic E-state index is 13.5. The van der Waals surface area contributed by atoms with Gasteiger partial charge in [-0.25, -0.2) is 4.79 Å². The molecular formula is C28H27N5O4. The normalized spacial score (nSPS) is 18.0. The number of benzene rings is 2. The Morgan fingerprint density at radius 2 is 1.84 bits per heavy atom. The summed E-state index contributed by atoms with van der Waals surface area (Å²) in [5.74, 6) is 0.930. The van der Waals surface area contributed by atoms with Crippen LogP contribution in [0.5, 0.6) is 11.5 Å². The van der Waals surface area contributed by atoms with E-state index in [1.807, 2.05) is 62.4 Å². The van der Waals surface area contributed by atoms with Crippen molar-refractivity contribution in [1.82, 2.24) is 20.9 Å². The molecule has 1 saturated heterocycles. The number of ether oxygens (including phenoxy) is 1. The second-order valence-electron chi connectivity index (χ2n) is 9.10. The fourth-order valence-corrected chi connectivity index (χ4v) is 4.58. The minimum atomic E-state index is -0.391. The van der Waals surface area contributed by atoms with Crippen LogP contribution in [0.4, 0.5) is 16.2 Å². The highest BCUT2D eigenvalue weighted by molar-refractivity contribution is 6.14. The van der Waals surface area contributed by atoms with Gasteiger partial charge >= 0.3 is 6.03 Å². The standard InChI is InChI=1S/C28H27N5O4/c1-16-13-21(37-20-7-5-4-6-8-20)9-10-22(16)33-23-11-12-29-18(3)25(23)26(32-28(33)36)17(2)27(35)31-19-14-24(34)30-15-19/h4-13,19H,14-15H2,1-3H3,(H,30,34)(H,31,35)(H,32,36)/b26-17-/t19-/m0/s1. The van der Waals surface area contributed by atoms with Gasteiger partial charge in [-0.15, -0.1) is 0 Å². The number of rotatable bonds is 5. The summed E-state index contributed by atoms with van der Waals surface area (Å²) >= 11 is 0. The Labute approximate surface area is 214 Å². The summed E-state index contributed by atoms with van der Waals surface area (Å²) < 4.78 is 5.95. The molecule has 1 aromatic heterocycles. The molecule has 0 bridgehead atoms. The number of carbonyl (C=O) groups is 3. The molecular weight excluding hydrogens is 470 g/mol. The maximum Gasteiger partial charge on any atom is 0.331 e. The molecule has 1 atom stereocenters. The lowest BCUT2D eigenvalue weighted by Gasteiger charge is -2.33. The van der Waals surface area contributed by atoms with Gasteiger partial charge in [0.05, 0.1) is 23.1 Å². The summed E-state index contributed by atoms with van der Waals surface area (Å²) in [6.45, 7) is 5.79. The third-order valence-electron chi connectivity index (χ3n) is 6.46. The Balaban J connectivity index is 1.49. The monoisotopic (exact) mass is 497 g/mol. The number of amides is 4. The van der Waals surface area contributed by atoms with E-state index in [4.69, 9.17) is 4.74 Å². The number of pyridine rings is 1. The van der Waals surface area contributed by atoms with Gasteiger partial charge in [0.15, 0.2) is 0 Å². The van der Waals surface area contributed by atoms with Gasteiger partial charge in [0, 0.05) is 36.0 Å². The predicted octanol–water partition coefficient (Wildman–Crippen LogP) is 4.09. The molecule has 0 aliphatic carbocycles. The molecule has 37 heavy (non-hydrogen) atoms. The molecule has 0 unspecified atom stereocenters. The Hall–Kier alpha value is -4.66. The van der Waals surface area contributed by atoms with Crippen molar-refractivity contribution in [2.24, 2.45) is 0 Å². The summed E-state index contributed by atoms with van der Waals surface area (Å²) in [5.41, 5.74) is 4.22. The molecule has 2 aliphatic rings. The Morgan fingerprint density at radius 3 is 2.54 bits per heavy atom. The number of hydrogen-bond donors (Lipinski definition) is 3. The van der Waals surface area contributed by atoms with Crippen LogP contribution in [0.25, 0.3) is 5.70 Å². The first-order chi connectivity index (χ1) is 17.8. The topological polar surface area (TPSA) is 113 Å². The van der Waals surface area contributed by atoms with E-state index in [1.165, 1.54) is 0 Å². The van der Waals surface area contributed by atoms with Gasteiger partial charge in [0.25, 0.3) is 0 Å². The number of anilines is 2. The molecule has 2 aromatic carbocycles. The van der Waals surface area contributed by atoms with Crippen molar-refractivity contribution in [3.63, 3.8) is 0 Å². The molecule has 3 N–H and O–H groups in total. The van der Waals surface area contributed by atoms with Crippen molar-refractivity contribution >= 4 is 34.9 Å². The molecule has 188 valence electrons. The number of nitrogens with one attached hydrogen (secondary N) is 3. The van der Waals surface area contributed by atoms with Crippen LogP contribution in [0.2, 0.25) is 0 Å². The van der Waals surface area contributed by atoms with Crippen LogP contribution in [0, 0.1) is 13.8 Å². The van der Waals surface area contributed by atoms with Crippen LogP contribution < -0.4 is 25.6 Å². The third-order valence-corrected chi connectivity index (χ3v) is 6.46. The largest absolute Gasteiger partial charge is 0.457 e. The maximum atomic E-state index is 13.5. The van der Waals surface area contributed by atoms with E-state index in [0.717, 1.165) is 11.3 Å². The minimum absolute atomic E-state index is 0.0989. The predicted molar refractivity (Wildman–Crippen MR) is 139 cm³/mol. The Bertz CT molecular complexity index is 1430. The lowest BCUT2D eigenvalue weighted by Crippen LogP contribution is -2.43. The van der Waals surface area contributed by atoms with Crippen molar-refractivity contribution in [1.29, 1.82) is 0 Å². The molecule has 0 radical (unpaired) electrons. The summed E-state index contributed by atoms with van der Waals surface area (Å²) in [6, 6.07) is 16.1. The number of aryl methyl sites for hydroxylation is 2. The highest BCUT2D eigenvalue weighted by atomic mass is 16.5. The van der Waals surface area contributed by atoms with Gasteiger partial charge in [0.1, 0.15) is 11.5 Å². The third kappa shape index (κ3) is 4.75. The van der Waals surface area contributed by atoms with E-state index in [9.17, 15) is 14.4 Å². The van der Waals surface area contributed by atoms with Crippen molar-refractivity contribution in [2.45, 2.75) is 33.2 Å². The molecule has 0 spiro atoms. The molecule has 4 amide bonds. The van der Waals surface area contributed by atoms with E-state index < -0.39 is 6.03 Å². The van der Waals surface area contributed by atoms with Crippen molar-refractivity contribution in [3.05, 3.63) is 83.2 Å². The molecule has 2 aliphatic heterocycles. The van der Waals surface area contributed by atoms with E-state index in [2.05, 4.69) is 20.9 Å². The van der Waals surface area contributed by atoms with Gasteiger partial charge in [-0.3, -0.25) is 19.5 Å². The van der Waals surface area contributed by atoms with E-state index in [1.54, 1.807) is 24.1 Å². The second kappa shape index (κ2) is 9.77. The molecule has 3 aromatic rings. The Morgan fingerprint density at radius 1 is 1.05 bits per heavy atom. The van der Waals surface area contributed by atoms with Gasteiger partial charge in [-0.05, 0) is 62.7 Å². The quantitative estimate of drug-likeness (QED) is 0.460. The Kier molecular flexibility index (Phi) is 6.35. The molecule has 5 rings (SSSR count). The molecule has 9 heteroatoms. The highest BCUT2D eigenvalue weighted by Crippen LogP contribution is 2.40. The summed E-state index contributed by atoms with van der Waals surface area (Å²) in [5, 5.41) is 8.49. The lowest BCUT2D eigenvalue weighted by atomic mass is 9.99. The van der Waals surface area contributed by atoms with Crippen LogP contribution in [0.15, 0.2) is 66.4 Å². The summed E-state index contributed by atoms with van der Waals surface area (Å²) in [7, 11) is 0. The lowest BCUT2D eigenvalue weighted by molar-refractivity contribution is -0.119. The molecule has 9 nitrogen and oxygen atoms in total. The number of aromatic nitrogens is 1. The minimum Gasteiger partial charge on any atom is -0.457 e. The SMILES string of the molecule is C/C(C(=O)N[C@@H]1CNC(=O)C1)=C1/NC(=O)N(c2ccc(Oc3ccccc3)cc2C)c2ccnc(C)c21. The number of carbonyl (C=O) groups excluding carboxylic acids is 3. The summed E-state index contributed by atoms with van der Waals surface area (Å²) in [4.78, 5) is 44.0. The van der Waals surface area contributed by atoms with Crippen molar-refractivity contribution in [3.8, 4) is 11.5 Å². The van der Waals surface area contributed by atoms with Crippen LogP contribution >= 0.6 is 0 Å². The zero-order valence-corrected chi connectivity index (χ0v) is 20.8. The number of para-hydroxylation sites is 1. The first-order valence-corrected chi connectivity index (χ1v) is 12.0.